The monoisotopic (exact) mass is 333 g/mol. The second-order valence-corrected chi connectivity index (χ2v) is 6.61. The summed E-state index contributed by atoms with van der Waals surface area (Å²) in [6, 6.07) is 7.01. The lowest BCUT2D eigenvalue weighted by Crippen LogP contribution is -2.54. The topological polar surface area (TPSA) is 84.9 Å². The number of amides is 1. The van der Waals surface area contributed by atoms with E-state index in [0.29, 0.717) is 5.56 Å². The van der Waals surface area contributed by atoms with Crippen molar-refractivity contribution >= 4 is 11.9 Å². The lowest BCUT2D eigenvalue weighted by Gasteiger charge is -2.41. The third kappa shape index (κ3) is 4.06. The Balaban J connectivity index is 1.58. The highest BCUT2D eigenvalue weighted by Gasteiger charge is 2.40. The normalized spacial score (nSPS) is 20.0. The van der Waals surface area contributed by atoms with E-state index in [9.17, 15) is 9.59 Å². The van der Waals surface area contributed by atoms with Gasteiger partial charge < -0.3 is 19.9 Å². The number of hydrogen-bond acceptors (Lipinski definition) is 4. The molecule has 0 unspecified atom stereocenters. The second kappa shape index (κ2) is 7.21. The number of carboxylic acid groups (broad SMARTS) is 1. The number of aliphatic carboxylic acids is 1. The maximum absolute atomic E-state index is 12.4. The van der Waals surface area contributed by atoms with Gasteiger partial charge in [0, 0.05) is 18.4 Å². The lowest BCUT2D eigenvalue weighted by molar-refractivity contribution is -0.139. The minimum Gasteiger partial charge on any atom is -0.490 e. The number of benzene rings is 1. The fourth-order valence-electron chi connectivity index (χ4n) is 3.22. The molecule has 0 radical (unpaired) electrons. The molecule has 1 aromatic carbocycles. The Morgan fingerprint density at radius 2 is 1.88 bits per heavy atom. The van der Waals surface area contributed by atoms with Crippen LogP contribution < -0.4 is 10.1 Å². The molecule has 1 aromatic rings. The number of ether oxygens (including phenoxy) is 2. The first-order valence-electron chi connectivity index (χ1n) is 8.45. The first-order chi connectivity index (χ1) is 11.6. The number of rotatable bonds is 6. The molecule has 130 valence electrons. The molecule has 1 heterocycles. The molecule has 1 amide bonds. The van der Waals surface area contributed by atoms with Gasteiger partial charge in [-0.15, -0.1) is 0 Å². The van der Waals surface area contributed by atoms with Crippen LogP contribution in [0.3, 0.4) is 0 Å². The molecule has 2 fully saturated rings. The summed E-state index contributed by atoms with van der Waals surface area (Å²) < 4.78 is 11.2. The maximum Gasteiger partial charge on any atom is 0.305 e. The third-order valence-corrected chi connectivity index (χ3v) is 4.77. The highest BCUT2D eigenvalue weighted by atomic mass is 16.5. The molecular weight excluding hydrogens is 310 g/mol. The smallest absolute Gasteiger partial charge is 0.305 e. The summed E-state index contributed by atoms with van der Waals surface area (Å²) in [4.78, 5) is 23.4. The van der Waals surface area contributed by atoms with Gasteiger partial charge in [-0.3, -0.25) is 9.59 Å². The van der Waals surface area contributed by atoms with Crippen molar-refractivity contribution in [2.45, 2.75) is 50.2 Å². The minimum atomic E-state index is -0.879. The van der Waals surface area contributed by atoms with Crippen molar-refractivity contribution in [1.29, 1.82) is 0 Å². The fraction of sp³-hybridized carbons (Fsp3) is 0.556. The van der Waals surface area contributed by atoms with Crippen LogP contribution in [0.1, 0.15) is 48.9 Å². The van der Waals surface area contributed by atoms with Crippen molar-refractivity contribution in [2.75, 3.05) is 13.2 Å². The molecule has 1 saturated carbocycles. The molecule has 0 atom stereocenters. The van der Waals surface area contributed by atoms with Crippen molar-refractivity contribution in [3.63, 3.8) is 0 Å². The number of hydrogen-bond donors (Lipinski definition) is 2. The van der Waals surface area contributed by atoms with Crippen LogP contribution in [0.15, 0.2) is 24.3 Å². The molecule has 0 spiro atoms. The minimum absolute atomic E-state index is 0.0241. The zero-order valence-electron chi connectivity index (χ0n) is 13.6. The summed E-state index contributed by atoms with van der Waals surface area (Å²) in [6.07, 6.45) is 4.27. The van der Waals surface area contributed by atoms with Gasteiger partial charge in [0.2, 0.25) is 0 Å². The van der Waals surface area contributed by atoms with E-state index < -0.39 is 11.5 Å². The Kier molecular flexibility index (Phi) is 5.04. The average molecular weight is 333 g/mol. The number of carboxylic acids is 1. The van der Waals surface area contributed by atoms with Crippen LogP contribution in [0, 0.1) is 0 Å². The first-order valence-corrected chi connectivity index (χ1v) is 8.45. The molecule has 2 N–H and O–H groups in total. The molecule has 3 rings (SSSR count). The summed E-state index contributed by atoms with van der Waals surface area (Å²) in [5, 5.41) is 11.9. The lowest BCUT2D eigenvalue weighted by atomic mass is 9.74. The van der Waals surface area contributed by atoms with Crippen LogP contribution in [0.5, 0.6) is 5.75 Å². The van der Waals surface area contributed by atoms with Crippen molar-refractivity contribution in [3.8, 4) is 5.75 Å². The van der Waals surface area contributed by atoms with Gasteiger partial charge in [-0.25, -0.2) is 0 Å². The van der Waals surface area contributed by atoms with Crippen LogP contribution in [-0.4, -0.2) is 41.8 Å². The Morgan fingerprint density at radius 3 is 2.42 bits per heavy atom. The van der Waals surface area contributed by atoms with Gasteiger partial charge >= 0.3 is 5.97 Å². The van der Waals surface area contributed by atoms with Crippen LogP contribution in [0.4, 0.5) is 0 Å². The Hall–Kier alpha value is -2.08. The third-order valence-electron chi connectivity index (χ3n) is 4.77. The first kappa shape index (κ1) is 16.8. The van der Waals surface area contributed by atoms with Crippen LogP contribution in [0.2, 0.25) is 0 Å². The van der Waals surface area contributed by atoms with Gasteiger partial charge in [0.25, 0.3) is 5.91 Å². The van der Waals surface area contributed by atoms with Crippen molar-refractivity contribution < 1.29 is 24.2 Å². The summed E-state index contributed by atoms with van der Waals surface area (Å²) in [5.41, 5.74) is -0.0637. The van der Waals surface area contributed by atoms with E-state index in [-0.39, 0.29) is 18.4 Å². The number of carbonyl (C=O) groups excluding carboxylic acids is 1. The molecule has 24 heavy (non-hydrogen) atoms. The Bertz CT molecular complexity index is 588. The molecule has 1 aliphatic carbocycles. The standard InChI is InChI=1S/C18H23NO5/c20-16(21)12-18(8-1-9-18)19-17(22)13-2-4-14(5-3-13)24-15-6-10-23-11-7-15/h2-5,15H,1,6-12H2,(H,19,22)(H,20,21). The molecule has 0 aromatic heterocycles. The molecule has 6 nitrogen and oxygen atoms in total. The fourth-order valence-corrected chi connectivity index (χ4v) is 3.22. The molecule has 2 aliphatic rings. The van der Waals surface area contributed by atoms with E-state index in [0.717, 1.165) is 51.1 Å². The largest absolute Gasteiger partial charge is 0.490 e. The van der Waals surface area contributed by atoms with Crippen molar-refractivity contribution in [2.24, 2.45) is 0 Å². The number of nitrogens with one attached hydrogen (secondary N) is 1. The molecule has 0 bridgehead atoms. The summed E-state index contributed by atoms with van der Waals surface area (Å²) in [7, 11) is 0. The maximum atomic E-state index is 12.4. The molecule has 1 saturated heterocycles. The van der Waals surface area contributed by atoms with Crippen molar-refractivity contribution in [1.82, 2.24) is 5.32 Å². The Morgan fingerprint density at radius 1 is 1.21 bits per heavy atom. The van der Waals surface area contributed by atoms with Crippen LogP contribution >= 0.6 is 0 Å². The predicted molar refractivity (Wildman–Crippen MR) is 87.2 cm³/mol. The van der Waals surface area contributed by atoms with Crippen LogP contribution in [0.25, 0.3) is 0 Å². The zero-order chi connectivity index (χ0) is 17.0. The molecular formula is C18H23NO5. The van der Waals surface area contributed by atoms with Gasteiger partial charge in [0.15, 0.2) is 0 Å². The van der Waals surface area contributed by atoms with Gasteiger partial charge in [-0.2, -0.15) is 0 Å². The van der Waals surface area contributed by atoms with Crippen LogP contribution in [-0.2, 0) is 9.53 Å². The molecule has 6 heteroatoms. The SMILES string of the molecule is O=C(O)CC1(NC(=O)c2ccc(OC3CCOCC3)cc2)CCC1. The summed E-state index contributed by atoms with van der Waals surface area (Å²) >= 11 is 0. The highest BCUT2D eigenvalue weighted by molar-refractivity contribution is 5.95. The highest BCUT2D eigenvalue weighted by Crippen LogP contribution is 2.35. The molecule has 1 aliphatic heterocycles. The van der Waals surface area contributed by atoms with Gasteiger partial charge in [0.1, 0.15) is 11.9 Å². The van der Waals surface area contributed by atoms with E-state index >= 15 is 0 Å². The van der Waals surface area contributed by atoms with E-state index in [1.165, 1.54) is 0 Å². The van der Waals surface area contributed by atoms with Gasteiger partial charge in [-0.05, 0) is 43.5 Å². The van der Waals surface area contributed by atoms with E-state index in [2.05, 4.69) is 5.32 Å². The second-order valence-electron chi connectivity index (χ2n) is 6.61. The summed E-state index contributed by atoms with van der Waals surface area (Å²) in [6.45, 7) is 1.44. The predicted octanol–water partition coefficient (Wildman–Crippen LogP) is 2.37. The van der Waals surface area contributed by atoms with E-state index in [1.54, 1.807) is 24.3 Å². The van der Waals surface area contributed by atoms with E-state index in [4.69, 9.17) is 14.6 Å². The van der Waals surface area contributed by atoms with Gasteiger partial charge in [0.05, 0.1) is 25.2 Å². The summed E-state index contributed by atoms with van der Waals surface area (Å²) in [5.74, 6) is -0.369. The zero-order valence-corrected chi connectivity index (χ0v) is 13.6. The average Bonchev–Trinajstić information content (AvgIpc) is 2.54. The van der Waals surface area contributed by atoms with Gasteiger partial charge in [-0.1, -0.05) is 0 Å². The number of carbonyl (C=O) groups is 2. The quantitative estimate of drug-likeness (QED) is 0.835. The Labute approximate surface area is 141 Å². The van der Waals surface area contributed by atoms with E-state index in [1.807, 2.05) is 0 Å². The van der Waals surface area contributed by atoms with Crippen molar-refractivity contribution in [3.05, 3.63) is 29.8 Å².